The van der Waals surface area contributed by atoms with Crippen LogP contribution in [0.4, 0.5) is 5.69 Å². The minimum atomic E-state index is -0.0375. The average molecular weight is 377 g/mol. The summed E-state index contributed by atoms with van der Waals surface area (Å²) in [5, 5.41) is 3.06. The quantitative estimate of drug-likeness (QED) is 0.736. The van der Waals surface area contributed by atoms with Crippen LogP contribution in [0.3, 0.4) is 0 Å². The molecule has 1 aromatic carbocycles. The Hall–Kier alpha value is -3.22. The molecule has 1 atom stereocenters. The number of piperidine rings is 1. The maximum atomic E-state index is 12.7. The molecule has 3 heterocycles. The minimum absolute atomic E-state index is 0.0375. The SMILES string of the molecule is COc1ccc(CNC(=O)[C@H]2CCCN(c3cnc4nccnc4c3)C2)cc1. The van der Waals surface area contributed by atoms with E-state index < -0.39 is 0 Å². The highest BCUT2D eigenvalue weighted by molar-refractivity contribution is 5.80. The lowest BCUT2D eigenvalue weighted by Crippen LogP contribution is -2.43. The zero-order valence-electron chi connectivity index (χ0n) is 15.8. The Kier molecular flexibility index (Phi) is 5.32. The first-order valence-corrected chi connectivity index (χ1v) is 9.45. The van der Waals surface area contributed by atoms with Crippen molar-refractivity contribution in [3.05, 3.63) is 54.5 Å². The molecule has 7 nitrogen and oxygen atoms in total. The molecule has 3 aromatic rings. The van der Waals surface area contributed by atoms with Gasteiger partial charge in [0, 0.05) is 32.0 Å². The van der Waals surface area contributed by atoms with Crippen LogP contribution in [0, 0.1) is 5.92 Å². The molecule has 2 aromatic heterocycles. The molecule has 0 radical (unpaired) electrons. The van der Waals surface area contributed by atoms with Gasteiger partial charge in [-0.3, -0.25) is 9.78 Å². The number of anilines is 1. The number of amides is 1. The maximum absolute atomic E-state index is 12.7. The van der Waals surface area contributed by atoms with Crippen molar-refractivity contribution in [1.82, 2.24) is 20.3 Å². The van der Waals surface area contributed by atoms with Gasteiger partial charge in [0.1, 0.15) is 11.3 Å². The summed E-state index contributed by atoms with van der Waals surface area (Å²) in [6.07, 6.45) is 6.98. The smallest absolute Gasteiger partial charge is 0.225 e. The molecule has 0 saturated carbocycles. The van der Waals surface area contributed by atoms with Gasteiger partial charge < -0.3 is 15.0 Å². The lowest BCUT2D eigenvalue weighted by molar-refractivity contribution is -0.125. The van der Waals surface area contributed by atoms with Crippen LogP contribution in [-0.2, 0) is 11.3 Å². The molecular formula is C21H23N5O2. The molecule has 1 amide bonds. The highest BCUT2D eigenvalue weighted by Gasteiger charge is 2.26. The van der Waals surface area contributed by atoms with Crippen molar-refractivity contribution < 1.29 is 9.53 Å². The van der Waals surface area contributed by atoms with Crippen molar-refractivity contribution >= 4 is 22.8 Å². The Bertz CT molecular complexity index is 960. The van der Waals surface area contributed by atoms with Crippen LogP contribution < -0.4 is 15.0 Å². The Balaban J connectivity index is 1.38. The van der Waals surface area contributed by atoms with Crippen LogP contribution in [0.15, 0.2) is 48.9 Å². The number of ether oxygens (including phenoxy) is 1. The molecule has 1 N–H and O–H groups in total. The van der Waals surface area contributed by atoms with E-state index in [2.05, 4.69) is 25.2 Å². The van der Waals surface area contributed by atoms with E-state index in [1.165, 1.54) is 0 Å². The number of carbonyl (C=O) groups is 1. The van der Waals surface area contributed by atoms with Crippen LogP contribution in [0.1, 0.15) is 18.4 Å². The van der Waals surface area contributed by atoms with E-state index in [-0.39, 0.29) is 11.8 Å². The van der Waals surface area contributed by atoms with Crippen LogP contribution in [0.5, 0.6) is 5.75 Å². The molecule has 1 saturated heterocycles. The lowest BCUT2D eigenvalue weighted by Gasteiger charge is -2.33. The third-order valence-corrected chi connectivity index (χ3v) is 5.09. The highest BCUT2D eigenvalue weighted by Crippen LogP contribution is 2.24. The van der Waals surface area contributed by atoms with E-state index in [9.17, 15) is 4.79 Å². The topological polar surface area (TPSA) is 80.2 Å². The van der Waals surface area contributed by atoms with E-state index in [4.69, 9.17) is 4.74 Å². The third-order valence-electron chi connectivity index (χ3n) is 5.09. The molecule has 1 fully saturated rings. The zero-order chi connectivity index (χ0) is 19.3. The van der Waals surface area contributed by atoms with Crippen LogP contribution >= 0.6 is 0 Å². The Labute approximate surface area is 163 Å². The highest BCUT2D eigenvalue weighted by atomic mass is 16.5. The average Bonchev–Trinajstić information content (AvgIpc) is 2.77. The first kappa shape index (κ1) is 18.2. The van der Waals surface area contributed by atoms with Crippen molar-refractivity contribution in [2.24, 2.45) is 5.92 Å². The van der Waals surface area contributed by atoms with Gasteiger partial charge in [-0.2, -0.15) is 0 Å². The van der Waals surface area contributed by atoms with Crippen molar-refractivity contribution in [1.29, 1.82) is 0 Å². The minimum Gasteiger partial charge on any atom is -0.497 e. The lowest BCUT2D eigenvalue weighted by atomic mass is 9.96. The van der Waals surface area contributed by atoms with Gasteiger partial charge in [0.05, 0.1) is 24.9 Å². The molecule has 0 aliphatic carbocycles. The summed E-state index contributed by atoms with van der Waals surface area (Å²) >= 11 is 0. The van der Waals surface area contributed by atoms with Crippen LogP contribution in [0.2, 0.25) is 0 Å². The summed E-state index contributed by atoms with van der Waals surface area (Å²) in [6.45, 7) is 2.12. The number of methoxy groups -OCH3 is 1. The van der Waals surface area contributed by atoms with E-state index >= 15 is 0 Å². The standard InChI is InChI=1S/C21H23N5O2/c1-28-18-6-4-15(5-7-18)12-25-21(27)16-3-2-10-26(14-16)17-11-19-20(24-13-17)23-9-8-22-19/h4-9,11,13,16H,2-3,10,12,14H2,1H3,(H,25,27)/t16-/m0/s1. The summed E-state index contributed by atoms with van der Waals surface area (Å²) in [6, 6.07) is 9.73. The molecule has 28 heavy (non-hydrogen) atoms. The van der Waals surface area contributed by atoms with Gasteiger partial charge in [-0.1, -0.05) is 12.1 Å². The summed E-state index contributed by atoms with van der Waals surface area (Å²) in [4.78, 5) is 27.8. The molecule has 0 unspecified atom stereocenters. The molecule has 0 bridgehead atoms. The van der Waals surface area contributed by atoms with E-state index in [0.29, 0.717) is 18.7 Å². The van der Waals surface area contributed by atoms with Crippen LogP contribution in [-0.4, -0.2) is 41.1 Å². The van der Waals surface area contributed by atoms with Gasteiger partial charge >= 0.3 is 0 Å². The van der Waals surface area contributed by atoms with E-state index in [1.54, 1.807) is 19.5 Å². The summed E-state index contributed by atoms with van der Waals surface area (Å²) in [7, 11) is 1.64. The number of pyridine rings is 1. The molecule has 144 valence electrons. The van der Waals surface area contributed by atoms with Gasteiger partial charge in [-0.25, -0.2) is 9.97 Å². The number of nitrogens with zero attached hydrogens (tertiary/aromatic N) is 4. The van der Waals surface area contributed by atoms with Crippen LogP contribution in [0.25, 0.3) is 11.2 Å². The normalized spacial score (nSPS) is 16.8. The van der Waals surface area contributed by atoms with Gasteiger partial charge in [-0.05, 0) is 36.6 Å². The molecule has 1 aliphatic rings. The Morgan fingerprint density at radius 1 is 1.21 bits per heavy atom. The first-order valence-electron chi connectivity index (χ1n) is 9.45. The molecule has 0 spiro atoms. The van der Waals surface area contributed by atoms with Gasteiger partial charge in [-0.15, -0.1) is 0 Å². The fourth-order valence-electron chi connectivity index (χ4n) is 3.52. The maximum Gasteiger partial charge on any atom is 0.225 e. The van der Waals surface area contributed by atoms with Gasteiger partial charge in [0.25, 0.3) is 0 Å². The predicted molar refractivity (Wildman–Crippen MR) is 107 cm³/mol. The van der Waals surface area contributed by atoms with Gasteiger partial charge in [0.15, 0.2) is 5.65 Å². The molecule has 4 rings (SSSR count). The Morgan fingerprint density at radius 3 is 2.86 bits per heavy atom. The van der Waals surface area contributed by atoms with Crippen molar-refractivity contribution in [3.8, 4) is 5.75 Å². The number of benzene rings is 1. The van der Waals surface area contributed by atoms with Crippen molar-refractivity contribution in [3.63, 3.8) is 0 Å². The van der Waals surface area contributed by atoms with Crippen molar-refractivity contribution in [2.45, 2.75) is 19.4 Å². The fraction of sp³-hybridized carbons (Fsp3) is 0.333. The Morgan fingerprint density at radius 2 is 2.04 bits per heavy atom. The molecular weight excluding hydrogens is 354 g/mol. The fourth-order valence-corrected chi connectivity index (χ4v) is 3.52. The van der Waals surface area contributed by atoms with Crippen molar-refractivity contribution in [2.75, 3.05) is 25.1 Å². The first-order chi connectivity index (χ1) is 13.7. The number of nitrogens with one attached hydrogen (secondary N) is 1. The second kappa shape index (κ2) is 8.21. The van der Waals surface area contributed by atoms with Gasteiger partial charge in [0.2, 0.25) is 5.91 Å². The second-order valence-electron chi connectivity index (χ2n) is 6.94. The number of aromatic nitrogens is 3. The number of carbonyl (C=O) groups excluding carboxylic acids is 1. The summed E-state index contributed by atoms with van der Waals surface area (Å²) in [5.74, 6) is 0.866. The van der Waals surface area contributed by atoms with E-state index in [1.807, 2.05) is 36.5 Å². The number of fused-ring (bicyclic) bond motifs is 1. The molecule has 7 heteroatoms. The number of rotatable bonds is 5. The summed E-state index contributed by atoms with van der Waals surface area (Å²) in [5.41, 5.74) is 3.45. The molecule has 1 aliphatic heterocycles. The second-order valence-corrected chi connectivity index (χ2v) is 6.94. The monoisotopic (exact) mass is 377 g/mol. The predicted octanol–water partition coefficient (Wildman–Crippen LogP) is 2.57. The number of hydrogen-bond acceptors (Lipinski definition) is 6. The zero-order valence-corrected chi connectivity index (χ0v) is 15.8. The largest absolute Gasteiger partial charge is 0.497 e. The number of hydrogen-bond donors (Lipinski definition) is 1. The summed E-state index contributed by atoms with van der Waals surface area (Å²) < 4.78 is 5.16. The van der Waals surface area contributed by atoms with E-state index in [0.717, 1.165) is 41.9 Å². The third kappa shape index (κ3) is 4.03.